The Morgan fingerprint density at radius 2 is 2.16 bits per heavy atom. The zero-order valence-corrected chi connectivity index (χ0v) is 15.5. The fourth-order valence-corrected chi connectivity index (χ4v) is 4.34. The van der Waals surface area contributed by atoms with Crippen molar-refractivity contribution in [2.45, 2.75) is 32.2 Å². The van der Waals surface area contributed by atoms with Gasteiger partial charge in [0.2, 0.25) is 5.91 Å². The molecule has 2 aliphatic rings. The van der Waals surface area contributed by atoms with Crippen LogP contribution in [0.5, 0.6) is 0 Å². The normalized spacial score (nSPS) is 24.9. The molecule has 2 aliphatic heterocycles. The van der Waals surface area contributed by atoms with Crippen molar-refractivity contribution in [2.75, 3.05) is 39.9 Å². The van der Waals surface area contributed by atoms with E-state index in [0.29, 0.717) is 36.7 Å². The van der Waals surface area contributed by atoms with Gasteiger partial charge in [0.05, 0.1) is 6.61 Å². The van der Waals surface area contributed by atoms with Crippen molar-refractivity contribution >= 4 is 17.5 Å². The van der Waals surface area contributed by atoms with Gasteiger partial charge in [0.15, 0.2) is 0 Å². The fourth-order valence-electron chi connectivity index (χ4n) is 4.18. The van der Waals surface area contributed by atoms with Gasteiger partial charge in [-0.1, -0.05) is 17.7 Å². The van der Waals surface area contributed by atoms with E-state index in [4.69, 9.17) is 16.3 Å². The number of halogens is 2. The monoisotopic (exact) mass is 368 g/mol. The van der Waals surface area contributed by atoms with Gasteiger partial charge in [-0.15, -0.1) is 0 Å². The van der Waals surface area contributed by atoms with Crippen LogP contribution in [0.15, 0.2) is 18.2 Å². The molecule has 1 atom stereocenters. The molecule has 25 heavy (non-hydrogen) atoms. The van der Waals surface area contributed by atoms with Gasteiger partial charge in [-0.05, 0) is 37.9 Å². The summed E-state index contributed by atoms with van der Waals surface area (Å²) >= 11 is 5.85. The topological polar surface area (TPSA) is 32.8 Å². The van der Waals surface area contributed by atoms with Crippen molar-refractivity contribution in [1.29, 1.82) is 0 Å². The van der Waals surface area contributed by atoms with E-state index in [2.05, 4.69) is 4.90 Å². The van der Waals surface area contributed by atoms with Gasteiger partial charge in [-0.25, -0.2) is 4.39 Å². The molecule has 1 aromatic rings. The molecule has 2 fully saturated rings. The number of ether oxygens (including phenoxy) is 1. The highest BCUT2D eigenvalue weighted by molar-refractivity contribution is 6.30. The van der Waals surface area contributed by atoms with Gasteiger partial charge in [0.25, 0.3) is 0 Å². The largest absolute Gasteiger partial charge is 0.383 e. The summed E-state index contributed by atoms with van der Waals surface area (Å²) in [5, 5.41) is 0.427. The van der Waals surface area contributed by atoms with Gasteiger partial charge in [-0.3, -0.25) is 9.69 Å². The Labute approximate surface area is 153 Å². The molecule has 0 saturated carbocycles. The van der Waals surface area contributed by atoms with Crippen LogP contribution in [0, 0.1) is 11.2 Å². The number of hydrogen-bond acceptors (Lipinski definition) is 3. The molecule has 0 radical (unpaired) electrons. The third-order valence-corrected chi connectivity index (χ3v) is 5.70. The van der Waals surface area contributed by atoms with E-state index in [-0.39, 0.29) is 17.1 Å². The number of piperidine rings is 2. The summed E-state index contributed by atoms with van der Waals surface area (Å²) in [6.45, 7) is 4.48. The maximum Gasteiger partial charge on any atom is 0.222 e. The number of amides is 1. The second-order valence-corrected chi connectivity index (χ2v) is 7.79. The fraction of sp³-hybridized carbons (Fsp3) is 0.632. The molecule has 3 rings (SSSR count). The van der Waals surface area contributed by atoms with E-state index in [1.807, 2.05) is 4.90 Å². The first-order chi connectivity index (χ1) is 12.0. The average molecular weight is 369 g/mol. The zero-order valence-electron chi connectivity index (χ0n) is 14.8. The number of carbonyl (C=O) groups is 1. The number of nitrogens with zero attached hydrogens (tertiary/aromatic N) is 2. The Morgan fingerprint density at radius 1 is 1.32 bits per heavy atom. The first kappa shape index (κ1) is 18.6. The van der Waals surface area contributed by atoms with Gasteiger partial charge in [-0.2, -0.15) is 0 Å². The van der Waals surface area contributed by atoms with Gasteiger partial charge in [0.1, 0.15) is 5.82 Å². The van der Waals surface area contributed by atoms with E-state index >= 15 is 0 Å². The Bertz CT molecular complexity index is 627. The summed E-state index contributed by atoms with van der Waals surface area (Å²) in [5.74, 6) is -0.0174. The van der Waals surface area contributed by atoms with Gasteiger partial charge in [0, 0.05) is 55.7 Å². The molecule has 1 amide bonds. The van der Waals surface area contributed by atoms with Crippen LogP contribution in [0.25, 0.3) is 0 Å². The molecular formula is C19H26ClFN2O2. The molecule has 0 aromatic heterocycles. The van der Waals surface area contributed by atoms with Crippen molar-refractivity contribution in [3.63, 3.8) is 0 Å². The third-order valence-electron chi connectivity index (χ3n) is 5.46. The molecule has 2 saturated heterocycles. The summed E-state index contributed by atoms with van der Waals surface area (Å²) in [5.41, 5.74) is 0.813. The van der Waals surface area contributed by atoms with Gasteiger partial charge >= 0.3 is 0 Å². The highest BCUT2D eigenvalue weighted by atomic mass is 35.5. The Kier molecular flexibility index (Phi) is 5.97. The summed E-state index contributed by atoms with van der Waals surface area (Å²) in [6, 6.07) is 4.89. The van der Waals surface area contributed by atoms with Crippen LogP contribution in [0.3, 0.4) is 0 Å². The molecule has 4 nitrogen and oxygen atoms in total. The summed E-state index contributed by atoms with van der Waals surface area (Å²) in [4.78, 5) is 16.4. The van der Waals surface area contributed by atoms with Crippen LogP contribution >= 0.6 is 11.6 Å². The second-order valence-electron chi connectivity index (χ2n) is 7.36. The highest BCUT2D eigenvalue weighted by Gasteiger charge is 2.41. The van der Waals surface area contributed by atoms with Crippen molar-refractivity contribution in [2.24, 2.45) is 5.41 Å². The predicted molar refractivity (Wildman–Crippen MR) is 96.0 cm³/mol. The van der Waals surface area contributed by atoms with E-state index in [9.17, 15) is 9.18 Å². The van der Waals surface area contributed by atoms with Gasteiger partial charge < -0.3 is 9.64 Å². The standard InChI is InChI=1S/C19H26ClFN2O2/c1-25-10-9-23-14-19(7-5-18(23)24)6-2-8-22(13-19)12-15-3-4-16(20)11-17(15)21/h3-4,11H,2,5-10,12-14H2,1H3/t19-/m0/s1. The Morgan fingerprint density at radius 3 is 2.92 bits per heavy atom. The minimum atomic E-state index is -0.243. The first-order valence-electron chi connectivity index (χ1n) is 8.94. The molecule has 6 heteroatoms. The summed E-state index contributed by atoms with van der Waals surface area (Å²) in [6.07, 6.45) is 3.74. The molecule has 0 N–H and O–H groups in total. The molecular weight excluding hydrogens is 343 g/mol. The van der Waals surface area contributed by atoms with Crippen LogP contribution < -0.4 is 0 Å². The van der Waals surface area contributed by atoms with E-state index < -0.39 is 0 Å². The molecule has 1 aromatic carbocycles. The van der Waals surface area contributed by atoms with Crippen molar-refractivity contribution in [1.82, 2.24) is 9.80 Å². The number of rotatable bonds is 5. The maximum atomic E-state index is 14.1. The predicted octanol–water partition coefficient (Wildman–Crippen LogP) is 3.33. The summed E-state index contributed by atoms with van der Waals surface area (Å²) < 4.78 is 19.2. The quantitative estimate of drug-likeness (QED) is 0.799. The van der Waals surface area contributed by atoms with E-state index in [1.54, 1.807) is 19.2 Å². The molecule has 1 spiro atoms. The highest BCUT2D eigenvalue weighted by Crippen LogP contribution is 2.39. The first-order valence-corrected chi connectivity index (χ1v) is 9.32. The van der Waals surface area contributed by atoms with Crippen molar-refractivity contribution in [3.8, 4) is 0 Å². The van der Waals surface area contributed by atoms with Crippen molar-refractivity contribution in [3.05, 3.63) is 34.6 Å². The van der Waals surface area contributed by atoms with Crippen molar-refractivity contribution < 1.29 is 13.9 Å². The minimum absolute atomic E-state index is 0.128. The molecule has 0 aliphatic carbocycles. The molecule has 2 heterocycles. The number of likely N-dealkylation sites (tertiary alicyclic amines) is 2. The molecule has 0 bridgehead atoms. The second kappa shape index (κ2) is 8.02. The smallest absolute Gasteiger partial charge is 0.222 e. The van der Waals surface area contributed by atoms with Crippen LogP contribution in [0.4, 0.5) is 4.39 Å². The number of carbonyl (C=O) groups excluding carboxylic acids is 1. The van der Waals surface area contributed by atoms with Crippen LogP contribution in [0.1, 0.15) is 31.2 Å². The average Bonchev–Trinajstić information content (AvgIpc) is 2.59. The lowest BCUT2D eigenvalue weighted by Crippen LogP contribution is -2.54. The van der Waals surface area contributed by atoms with E-state index in [1.165, 1.54) is 6.07 Å². The van der Waals surface area contributed by atoms with E-state index in [0.717, 1.165) is 38.9 Å². The lowest BCUT2D eigenvalue weighted by molar-refractivity contribution is -0.140. The summed E-state index contributed by atoms with van der Waals surface area (Å²) in [7, 11) is 1.66. The van der Waals surface area contributed by atoms with Crippen LogP contribution in [-0.2, 0) is 16.1 Å². The zero-order chi connectivity index (χ0) is 17.9. The SMILES string of the molecule is COCCN1C[C@@]2(CCCN(Cc3ccc(Cl)cc3F)C2)CCC1=O. The third kappa shape index (κ3) is 4.52. The number of hydrogen-bond donors (Lipinski definition) is 0. The lowest BCUT2D eigenvalue weighted by Gasteiger charge is -2.48. The lowest BCUT2D eigenvalue weighted by atomic mass is 9.73. The minimum Gasteiger partial charge on any atom is -0.383 e. The number of benzene rings is 1. The van der Waals surface area contributed by atoms with Crippen LogP contribution in [-0.4, -0.2) is 55.6 Å². The maximum absolute atomic E-state index is 14.1. The molecule has 0 unspecified atom stereocenters. The number of methoxy groups -OCH3 is 1. The van der Waals surface area contributed by atoms with Crippen LogP contribution in [0.2, 0.25) is 5.02 Å². The molecule has 138 valence electrons. The Hall–Kier alpha value is -1.17. The Balaban J connectivity index is 1.66.